The van der Waals surface area contributed by atoms with Crippen molar-refractivity contribution < 1.29 is 14.1 Å². The van der Waals surface area contributed by atoms with E-state index in [1.807, 2.05) is 0 Å². The second-order valence-corrected chi connectivity index (χ2v) is 4.00. The number of anilines is 1. The van der Waals surface area contributed by atoms with Gasteiger partial charge in [-0.3, -0.25) is 14.9 Å². The summed E-state index contributed by atoms with van der Waals surface area (Å²) in [5.74, 6) is -1.03. The summed E-state index contributed by atoms with van der Waals surface area (Å²) in [4.78, 5) is 25.3. The van der Waals surface area contributed by atoms with E-state index < -0.39 is 16.8 Å². The molecule has 0 radical (unpaired) electrons. The van der Waals surface area contributed by atoms with Gasteiger partial charge in [-0.05, 0) is 17.7 Å². The summed E-state index contributed by atoms with van der Waals surface area (Å²) in [6, 6.07) is 9.80. The molecule has 1 aromatic carbocycles. The molecule has 0 aliphatic rings. The Kier molecular flexibility index (Phi) is 3.99. The van der Waals surface area contributed by atoms with Crippen LogP contribution in [0.4, 0.5) is 15.9 Å². The Bertz CT molecular complexity index is 661. The number of hydrogen-bond donors (Lipinski definition) is 1. The van der Waals surface area contributed by atoms with Gasteiger partial charge in [-0.25, -0.2) is 4.98 Å². The summed E-state index contributed by atoms with van der Waals surface area (Å²) in [6.07, 6.45) is -0.0557. The van der Waals surface area contributed by atoms with E-state index in [9.17, 15) is 19.3 Å². The number of nitrogens with zero attached hydrogens (tertiary/aromatic N) is 2. The topological polar surface area (TPSA) is 85.1 Å². The Morgan fingerprint density at radius 3 is 2.75 bits per heavy atom. The fourth-order valence-electron chi connectivity index (χ4n) is 1.63. The summed E-state index contributed by atoms with van der Waals surface area (Å²) in [7, 11) is 0. The minimum atomic E-state index is -0.696. The van der Waals surface area contributed by atoms with Crippen molar-refractivity contribution in [2.45, 2.75) is 6.42 Å². The average molecular weight is 275 g/mol. The molecule has 1 N–H and O–H groups in total. The highest BCUT2D eigenvalue weighted by Crippen LogP contribution is 2.14. The number of pyridine rings is 1. The summed E-state index contributed by atoms with van der Waals surface area (Å²) in [5.41, 5.74) is 0.410. The number of halogens is 1. The van der Waals surface area contributed by atoms with E-state index >= 15 is 0 Å². The maximum atomic E-state index is 12.8. The van der Waals surface area contributed by atoms with Crippen molar-refractivity contribution >= 4 is 17.4 Å². The van der Waals surface area contributed by atoms with Crippen LogP contribution in [0.1, 0.15) is 5.56 Å². The van der Waals surface area contributed by atoms with Gasteiger partial charge in [-0.1, -0.05) is 18.2 Å². The fraction of sp³-hybridized carbons (Fsp3) is 0.0769. The van der Waals surface area contributed by atoms with Crippen LogP contribution in [-0.4, -0.2) is 15.8 Å². The first kappa shape index (κ1) is 13.6. The molecular weight excluding hydrogens is 265 g/mol. The third-order valence-electron chi connectivity index (χ3n) is 2.47. The first-order valence-corrected chi connectivity index (χ1v) is 5.70. The average Bonchev–Trinajstić information content (AvgIpc) is 2.38. The molecule has 0 fully saturated rings. The van der Waals surface area contributed by atoms with Gasteiger partial charge in [-0.15, -0.1) is 0 Å². The Labute approximate surface area is 113 Å². The number of rotatable bonds is 4. The van der Waals surface area contributed by atoms with Gasteiger partial charge in [0.2, 0.25) is 11.9 Å². The van der Waals surface area contributed by atoms with Crippen LogP contribution in [0.25, 0.3) is 0 Å². The minimum absolute atomic E-state index is 0.0557. The predicted octanol–water partition coefficient (Wildman–Crippen LogP) is 2.31. The normalized spacial score (nSPS) is 10.1. The van der Waals surface area contributed by atoms with Crippen molar-refractivity contribution in [2.24, 2.45) is 0 Å². The van der Waals surface area contributed by atoms with E-state index in [1.54, 1.807) is 6.07 Å². The van der Waals surface area contributed by atoms with E-state index in [4.69, 9.17) is 0 Å². The molecule has 0 saturated heterocycles. The number of benzene rings is 1. The van der Waals surface area contributed by atoms with E-state index in [2.05, 4.69) is 10.3 Å². The SMILES string of the molecule is O=C(Cc1cccc([N+](=O)[O-])c1)Nc1cccc(F)n1. The Morgan fingerprint density at radius 1 is 1.30 bits per heavy atom. The van der Waals surface area contributed by atoms with Crippen LogP contribution in [0.3, 0.4) is 0 Å². The van der Waals surface area contributed by atoms with Crippen molar-refractivity contribution in [1.82, 2.24) is 4.98 Å². The van der Waals surface area contributed by atoms with Crippen LogP contribution in [0.2, 0.25) is 0 Å². The highest BCUT2D eigenvalue weighted by molar-refractivity contribution is 5.91. The second kappa shape index (κ2) is 5.87. The zero-order chi connectivity index (χ0) is 14.5. The highest BCUT2D eigenvalue weighted by Gasteiger charge is 2.09. The predicted molar refractivity (Wildman–Crippen MR) is 69.6 cm³/mol. The molecular formula is C13H10FN3O3. The van der Waals surface area contributed by atoms with Gasteiger partial charge >= 0.3 is 0 Å². The molecule has 6 nitrogen and oxygen atoms in total. The number of hydrogen-bond acceptors (Lipinski definition) is 4. The van der Waals surface area contributed by atoms with Gasteiger partial charge < -0.3 is 5.32 Å². The molecule has 1 heterocycles. The lowest BCUT2D eigenvalue weighted by atomic mass is 10.1. The van der Waals surface area contributed by atoms with Crippen molar-refractivity contribution in [3.8, 4) is 0 Å². The summed E-state index contributed by atoms with van der Waals surface area (Å²) in [6.45, 7) is 0. The van der Waals surface area contributed by atoms with Gasteiger partial charge in [0.1, 0.15) is 5.82 Å². The van der Waals surface area contributed by atoms with E-state index in [1.165, 1.54) is 30.3 Å². The second-order valence-electron chi connectivity index (χ2n) is 4.00. The molecule has 2 aromatic rings. The van der Waals surface area contributed by atoms with Crippen molar-refractivity contribution in [1.29, 1.82) is 0 Å². The fourth-order valence-corrected chi connectivity index (χ4v) is 1.63. The largest absolute Gasteiger partial charge is 0.310 e. The number of nitro benzene ring substituents is 1. The smallest absolute Gasteiger partial charge is 0.269 e. The van der Waals surface area contributed by atoms with Crippen LogP contribution in [0.15, 0.2) is 42.5 Å². The van der Waals surface area contributed by atoms with E-state index in [0.717, 1.165) is 6.07 Å². The third-order valence-corrected chi connectivity index (χ3v) is 2.47. The molecule has 0 spiro atoms. The molecule has 0 unspecified atom stereocenters. The molecule has 0 atom stereocenters. The monoisotopic (exact) mass is 275 g/mol. The number of amides is 1. The first-order chi connectivity index (χ1) is 9.54. The summed E-state index contributed by atoms with van der Waals surface area (Å²) < 4.78 is 12.8. The number of aromatic nitrogens is 1. The highest BCUT2D eigenvalue weighted by atomic mass is 19.1. The molecule has 1 aromatic heterocycles. The zero-order valence-corrected chi connectivity index (χ0v) is 10.2. The molecule has 102 valence electrons. The zero-order valence-electron chi connectivity index (χ0n) is 10.2. The maximum Gasteiger partial charge on any atom is 0.269 e. The minimum Gasteiger partial charge on any atom is -0.310 e. The molecule has 1 amide bonds. The third kappa shape index (κ3) is 3.58. The van der Waals surface area contributed by atoms with Crippen LogP contribution < -0.4 is 5.32 Å². The molecule has 7 heteroatoms. The number of carbonyl (C=O) groups excluding carboxylic acids is 1. The van der Waals surface area contributed by atoms with Crippen LogP contribution in [0, 0.1) is 16.1 Å². The molecule has 0 aliphatic heterocycles. The Balaban J connectivity index is 2.04. The van der Waals surface area contributed by atoms with Gasteiger partial charge in [-0.2, -0.15) is 4.39 Å². The lowest BCUT2D eigenvalue weighted by Crippen LogP contribution is -2.15. The number of carbonyl (C=O) groups is 1. The van der Waals surface area contributed by atoms with Gasteiger partial charge in [0.05, 0.1) is 11.3 Å². The molecule has 0 bridgehead atoms. The summed E-state index contributed by atoms with van der Waals surface area (Å²) in [5, 5.41) is 13.0. The molecule has 2 rings (SSSR count). The van der Waals surface area contributed by atoms with E-state index in [-0.39, 0.29) is 17.9 Å². The lowest BCUT2D eigenvalue weighted by molar-refractivity contribution is -0.384. The van der Waals surface area contributed by atoms with Crippen molar-refractivity contribution in [2.75, 3.05) is 5.32 Å². The van der Waals surface area contributed by atoms with Crippen LogP contribution in [0.5, 0.6) is 0 Å². The Morgan fingerprint density at radius 2 is 2.05 bits per heavy atom. The first-order valence-electron chi connectivity index (χ1n) is 5.70. The van der Waals surface area contributed by atoms with E-state index in [0.29, 0.717) is 5.56 Å². The Hall–Kier alpha value is -2.83. The summed E-state index contributed by atoms with van der Waals surface area (Å²) >= 11 is 0. The van der Waals surface area contributed by atoms with Gasteiger partial charge in [0.15, 0.2) is 0 Å². The van der Waals surface area contributed by atoms with Crippen molar-refractivity contribution in [3.63, 3.8) is 0 Å². The molecule has 0 saturated carbocycles. The maximum absolute atomic E-state index is 12.8. The van der Waals surface area contributed by atoms with Gasteiger partial charge in [0.25, 0.3) is 5.69 Å². The molecule has 0 aliphatic carbocycles. The number of nitro groups is 1. The van der Waals surface area contributed by atoms with Crippen LogP contribution in [-0.2, 0) is 11.2 Å². The number of nitrogens with one attached hydrogen (secondary N) is 1. The number of non-ortho nitro benzene ring substituents is 1. The van der Waals surface area contributed by atoms with Gasteiger partial charge in [0, 0.05) is 12.1 Å². The standard InChI is InChI=1S/C13H10FN3O3/c14-11-5-2-6-12(15-11)16-13(18)8-9-3-1-4-10(7-9)17(19)20/h1-7H,8H2,(H,15,16,18). The van der Waals surface area contributed by atoms with Crippen LogP contribution >= 0.6 is 0 Å². The van der Waals surface area contributed by atoms with Crippen molar-refractivity contribution in [3.05, 3.63) is 64.1 Å². The lowest BCUT2D eigenvalue weighted by Gasteiger charge is -2.04. The quantitative estimate of drug-likeness (QED) is 0.527. The molecule has 20 heavy (non-hydrogen) atoms.